The number of hydrogen-bond donors (Lipinski definition) is 1. The molecule has 0 bridgehead atoms. The van der Waals surface area contributed by atoms with Gasteiger partial charge in [-0.3, -0.25) is 9.59 Å². The maximum absolute atomic E-state index is 13.2. The van der Waals surface area contributed by atoms with Gasteiger partial charge in [-0.25, -0.2) is 0 Å². The van der Waals surface area contributed by atoms with E-state index in [0.29, 0.717) is 15.6 Å². The van der Waals surface area contributed by atoms with E-state index in [1.165, 1.54) is 0 Å². The molecule has 1 aliphatic carbocycles. The number of amides is 2. The quantitative estimate of drug-likeness (QED) is 0.667. The van der Waals surface area contributed by atoms with Crippen molar-refractivity contribution >= 4 is 35.0 Å². The number of rotatable bonds is 7. The molecule has 0 saturated heterocycles. The molecule has 2 aromatic carbocycles. The van der Waals surface area contributed by atoms with Crippen LogP contribution < -0.4 is 5.32 Å². The number of carbonyl (C=O) groups is 2. The molecule has 6 heteroatoms. The van der Waals surface area contributed by atoms with Crippen molar-refractivity contribution in [2.75, 3.05) is 0 Å². The zero-order valence-corrected chi connectivity index (χ0v) is 18.0. The monoisotopic (exact) mass is 432 g/mol. The standard InChI is InChI=1S/C23H26Cl2N2O2/c1-16(23(29)26-18-10-5-6-11-18)27(15-19-20(24)12-7-13-21(19)25)22(28)14-17-8-3-2-4-9-17/h2-4,7-9,12-13,16,18H,5-6,10-11,14-15H2,1H3,(H,26,29). The van der Waals surface area contributed by atoms with Gasteiger partial charge in [0.05, 0.1) is 6.42 Å². The van der Waals surface area contributed by atoms with Gasteiger partial charge >= 0.3 is 0 Å². The molecule has 1 N–H and O–H groups in total. The molecule has 2 aromatic rings. The third-order valence-corrected chi connectivity index (χ3v) is 6.17. The second kappa shape index (κ2) is 10.1. The Balaban J connectivity index is 1.81. The average Bonchev–Trinajstić information content (AvgIpc) is 3.21. The van der Waals surface area contributed by atoms with Crippen LogP contribution in [0.5, 0.6) is 0 Å². The van der Waals surface area contributed by atoms with Crippen molar-refractivity contribution in [2.45, 2.75) is 57.7 Å². The first-order chi connectivity index (χ1) is 14.0. The highest BCUT2D eigenvalue weighted by Crippen LogP contribution is 2.27. The van der Waals surface area contributed by atoms with E-state index in [9.17, 15) is 9.59 Å². The van der Waals surface area contributed by atoms with E-state index < -0.39 is 6.04 Å². The molecule has 1 aliphatic rings. The fourth-order valence-electron chi connectivity index (χ4n) is 3.70. The summed E-state index contributed by atoms with van der Waals surface area (Å²) in [5.41, 5.74) is 1.55. The molecule has 0 aromatic heterocycles. The van der Waals surface area contributed by atoms with Crippen LogP contribution in [0, 0.1) is 0 Å². The summed E-state index contributed by atoms with van der Waals surface area (Å²) in [5.74, 6) is -0.275. The number of nitrogens with one attached hydrogen (secondary N) is 1. The highest BCUT2D eigenvalue weighted by Gasteiger charge is 2.29. The lowest BCUT2D eigenvalue weighted by Crippen LogP contribution is -2.50. The summed E-state index contributed by atoms with van der Waals surface area (Å²) in [6.45, 7) is 1.95. The number of nitrogens with zero attached hydrogens (tertiary/aromatic N) is 1. The van der Waals surface area contributed by atoms with Crippen LogP contribution in [-0.2, 0) is 22.6 Å². The molecule has 3 rings (SSSR count). The van der Waals surface area contributed by atoms with Crippen molar-refractivity contribution in [3.63, 3.8) is 0 Å². The van der Waals surface area contributed by atoms with E-state index in [1.807, 2.05) is 30.3 Å². The molecular weight excluding hydrogens is 407 g/mol. The van der Waals surface area contributed by atoms with Crippen molar-refractivity contribution in [2.24, 2.45) is 0 Å². The third kappa shape index (κ3) is 5.74. The third-order valence-electron chi connectivity index (χ3n) is 5.46. The van der Waals surface area contributed by atoms with Crippen molar-refractivity contribution in [1.29, 1.82) is 0 Å². The number of halogens is 2. The van der Waals surface area contributed by atoms with Crippen LogP contribution >= 0.6 is 23.2 Å². The Hall–Kier alpha value is -2.04. The van der Waals surface area contributed by atoms with Crippen LogP contribution in [0.15, 0.2) is 48.5 Å². The largest absolute Gasteiger partial charge is 0.352 e. The zero-order chi connectivity index (χ0) is 20.8. The summed E-state index contributed by atoms with van der Waals surface area (Å²) in [7, 11) is 0. The van der Waals surface area contributed by atoms with Gasteiger partial charge in [0, 0.05) is 28.2 Å². The van der Waals surface area contributed by atoms with Gasteiger partial charge < -0.3 is 10.2 Å². The lowest BCUT2D eigenvalue weighted by molar-refractivity contribution is -0.140. The molecule has 0 aliphatic heterocycles. The Bertz CT molecular complexity index is 831. The van der Waals surface area contributed by atoms with Crippen molar-refractivity contribution in [3.05, 3.63) is 69.7 Å². The predicted octanol–water partition coefficient (Wildman–Crippen LogP) is 5.01. The predicted molar refractivity (Wildman–Crippen MR) is 117 cm³/mol. The van der Waals surface area contributed by atoms with E-state index in [4.69, 9.17) is 23.2 Å². The van der Waals surface area contributed by atoms with Gasteiger partial charge in [-0.2, -0.15) is 0 Å². The van der Waals surface area contributed by atoms with E-state index in [-0.39, 0.29) is 30.8 Å². The van der Waals surface area contributed by atoms with Crippen molar-refractivity contribution in [3.8, 4) is 0 Å². The Morgan fingerprint density at radius 3 is 2.28 bits per heavy atom. The molecule has 1 saturated carbocycles. The van der Waals surface area contributed by atoms with Gasteiger partial charge in [-0.05, 0) is 37.5 Å². The molecule has 0 heterocycles. The summed E-state index contributed by atoms with van der Waals surface area (Å²) in [6, 6.07) is 14.3. The number of hydrogen-bond acceptors (Lipinski definition) is 2. The van der Waals surface area contributed by atoms with Crippen LogP contribution in [0.25, 0.3) is 0 Å². The molecule has 1 fully saturated rings. The minimum Gasteiger partial charge on any atom is -0.352 e. The Kier molecular flexibility index (Phi) is 7.57. The molecule has 29 heavy (non-hydrogen) atoms. The zero-order valence-electron chi connectivity index (χ0n) is 16.5. The molecule has 0 spiro atoms. The highest BCUT2D eigenvalue weighted by molar-refractivity contribution is 6.36. The first kappa shape index (κ1) is 21.7. The second-order valence-corrected chi connectivity index (χ2v) is 8.36. The molecule has 1 unspecified atom stereocenters. The van der Waals surface area contributed by atoms with Gasteiger partial charge in [0.2, 0.25) is 11.8 Å². The number of benzene rings is 2. The maximum atomic E-state index is 13.2. The van der Waals surface area contributed by atoms with Crippen LogP contribution in [0.3, 0.4) is 0 Å². The average molecular weight is 433 g/mol. The molecule has 1 atom stereocenters. The van der Waals surface area contributed by atoms with E-state index >= 15 is 0 Å². The molecule has 4 nitrogen and oxygen atoms in total. The van der Waals surface area contributed by atoms with Crippen LogP contribution in [0.4, 0.5) is 0 Å². The minimum absolute atomic E-state index is 0.138. The summed E-state index contributed by atoms with van der Waals surface area (Å²) in [6.07, 6.45) is 4.46. The minimum atomic E-state index is -0.626. The summed E-state index contributed by atoms with van der Waals surface area (Å²) in [5, 5.41) is 4.06. The molecule has 0 radical (unpaired) electrons. The highest BCUT2D eigenvalue weighted by atomic mass is 35.5. The van der Waals surface area contributed by atoms with E-state index in [0.717, 1.165) is 31.2 Å². The summed E-state index contributed by atoms with van der Waals surface area (Å²) in [4.78, 5) is 27.6. The van der Waals surface area contributed by atoms with Gasteiger partial charge in [-0.15, -0.1) is 0 Å². The second-order valence-electron chi connectivity index (χ2n) is 7.55. The summed E-state index contributed by atoms with van der Waals surface area (Å²) >= 11 is 12.7. The summed E-state index contributed by atoms with van der Waals surface area (Å²) < 4.78 is 0. The fraction of sp³-hybridized carbons (Fsp3) is 0.391. The Labute approximate surface area is 182 Å². The van der Waals surface area contributed by atoms with Gasteiger partial charge in [0.25, 0.3) is 0 Å². The lowest BCUT2D eigenvalue weighted by Gasteiger charge is -2.30. The Morgan fingerprint density at radius 1 is 1.03 bits per heavy atom. The maximum Gasteiger partial charge on any atom is 0.242 e. The van der Waals surface area contributed by atoms with Gasteiger partial charge in [0.1, 0.15) is 6.04 Å². The fourth-order valence-corrected chi connectivity index (χ4v) is 4.22. The van der Waals surface area contributed by atoms with E-state index in [1.54, 1.807) is 30.0 Å². The number of carbonyl (C=O) groups excluding carboxylic acids is 2. The van der Waals surface area contributed by atoms with Crippen LogP contribution in [0.1, 0.15) is 43.7 Å². The van der Waals surface area contributed by atoms with Gasteiger partial charge in [0.15, 0.2) is 0 Å². The topological polar surface area (TPSA) is 49.4 Å². The molecular formula is C23H26Cl2N2O2. The molecule has 2 amide bonds. The van der Waals surface area contributed by atoms with Crippen molar-refractivity contribution < 1.29 is 9.59 Å². The SMILES string of the molecule is CC(C(=O)NC1CCCC1)N(Cc1c(Cl)cccc1Cl)C(=O)Cc1ccccc1. The molecule has 154 valence electrons. The van der Waals surface area contributed by atoms with E-state index in [2.05, 4.69) is 5.32 Å². The van der Waals surface area contributed by atoms with Crippen LogP contribution in [0.2, 0.25) is 10.0 Å². The Morgan fingerprint density at radius 2 is 1.66 bits per heavy atom. The normalized spacial score (nSPS) is 15.1. The first-order valence-corrected chi connectivity index (χ1v) is 10.8. The van der Waals surface area contributed by atoms with Crippen molar-refractivity contribution in [1.82, 2.24) is 10.2 Å². The first-order valence-electron chi connectivity index (χ1n) is 10.0. The van der Waals surface area contributed by atoms with Gasteiger partial charge in [-0.1, -0.05) is 72.4 Å². The lowest BCUT2D eigenvalue weighted by atomic mass is 10.1. The smallest absolute Gasteiger partial charge is 0.242 e. The van der Waals surface area contributed by atoms with Crippen LogP contribution in [-0.4, -0.2) is 28.8 Å².